The minimum atomic E-state index is -0.166. The van der Waals surface area contributed by atoms with Crippen molar-refractivity contribution in [1.82, 2.24) is 0 Å². The van der Waals surface area contributed by atoms with Crippen LogP contribution in [0.5, 0.6) is 0 Å². The van der Waals surface area contributed by atoms with Crippen LogP contribution in [0.3, 0.4) is 0 Å². The van der Waals surface area contributed by atoms with E-state index in [0.717, 1.165) is 25.7 Å². The van der Waals surface area contributed by atoms with Gasteiger partial charge in [-0.2, -0.15) is 0 Å². The maximum atomic E-state index is 12.6. The fourth-order valence-electron chi connectivity index (χ4n) is 1.45. The summed E-state index contributed by atoms with van der Waals surface area (Å²) in [5.41, 5.74) is 2.47. The summed E-state index contributed by atoms with van der Waals surface area (Å²) in [5, 5.41) is 0. The van der Waals surface area contributed by atoms with E-state index in [1.54, 1.807) is 0 Å². The molecule has 0 heterocycles. The Kier molecular flexibility index (Phi) is 4.37. The topological polar surface area (TPSA) is 0 Å². The maximum absolute atomic E-state index is 12.6. The molecule has 0 unspecified atom stereocenters. The van der Waals surface area contributed by atoms with Crippen LogP contribution in [0, 0.1) is 5.82 Å². The van der Waals surface area contributed by atoms with Gasteiger partial charge in [-0.3, -0.25) is 0 Å². The Morgan fingerprint density at radius 2 is 1.86 bits per heavy atom. The number of allylic oxidation sites excluding steroid dienone is 1. The molecule has 1 aromatic rings. The van der Waals surface area contributed by atoms with Gasteiger partial charge in [-0.15, -0.1) is 0 Å². The molecule has 0 fully saturated rings. The van der Waals surface area contributed by atoms with Crippen LogP contribution in [-0.4, -0.2) is 0 Å². The molecule has 1 heteroatoms. The SMILES string of the molecule is C=C(CCC)CCc1ccc(F)cc1. The summed E-state index contributed by atoms with van der Waals surface area (Å²) in [4.78, 5) is 0. The lowest BCUT2D eigenvalue weighted by atomic mass is 10.0. The molecule has 0 aliphatic carbocycles. The molecular weight excluding hydrogens is 175 g/mol. The largest absolute Gasteiger partial charge is 0.207 e. The lowest BCUT2D eigenvalue weighted by molar-refractivity contribution is 0.627. The predicted molar refractivity (Wildman–Crippen MR) is 58.8 cm³/mol. The van der Waals surface area contributed by atoms with Gasteiger partial charge < -0.3 is 0 Å². The summed E-state index contributed by atoms with van der Waals surface area (Å²) >= 11 is 0. The number of benzene rings is 1. The minimum Gasteiger partial charge on any atom is -0.207 e. The number of rotatable bonds is 5. The number of hydrogen-bond donors (Lipinski definition) is 0. The lowest BCUT2D eigenvalue weighted by Gasteiger charge is -2.03. The van der Waals surface area contributed by atoms with Gasteiger partial charge in [0, 0.05) is 0 Å². The molecule has 1 rings (SSSR count). The van der Waals surface area contributed by atoms with Gasteiger partial charge in [0.2, 0.25) is 0 Å². The number of halogens is 1. The van der Waals surface area contributed by atoms with Crippen molar-refractivity contribution >= 4 is 0 Å². The second-order valence-electron chi connectivity index (χ2n) is 3.63. The van der Waals surface area contributed by atoms with Crippen molar-refractivity contribution in [3.05, 3.63) is 47.8 Å². The zero-order valence-corrected chi connectivity index (χ0v) is 8.72. The van der Waals surface area contributed by atoms with Gasteiger partial charge in [0.25, 0.3) is 0 Å². The molecule has 0 amide bonds. The molecule has 1 aromatic carbocycles. The first-order valence-electron chi connectivity index (χ1n) is 5.13. The Bertz CT molecular complexity index is 285. The van der Waals surface area contributed by atoms with Crippen molar-refractivity contribution in [3.63, 3.8) is 0 Å². The van der Waals surface area contributed by atoms with Gasteiger partial charge in [0.15, 0.2) is 0 Å². The van der Waals surface area contributed by atoms with E-state index in [4.69, 9.17) is 0 Å². The van der Waals surface area contributed by atoms with Crippen molar-refractivity contribution in [1.29, 1.82) is 0 Å². The molecule has 14 heavy (non-hydrogen) atoms. The van der Waals surface area contributed by atoms with Crippen LogP contribution in [0.15, 0.2) is 36.4 Å². The smallest absolute Gasteiger partial charge is 0.123 e. The van der Waals surface area contributed by atoms with Gasteiger partial charge in [0.1, 0.15) is 5.82 Å². The van der Waals surface area contributed by atoms with E-state index >= 15 is 0 Å². The third kappa shape index (κ3) is 3.73. The second kappa shape index (κ2) is 5.58. The Morgan fingerprint density at radius 1 is 1.21 bits per heavy atom. The highest BCUT2D eigenvalue weighted by molar-refractivity contribution is 5.17. The average molecular weight is 192 g/mol. The summed E-state index contributed by atoms with van der Waals surface area (Å²) < 4.78 is 12.6. The zero-order chi connectivity index (χ0) is 10.4. The third-order valence-electron chi connectivity index (χ3n) is 2.28. The summed E-state index contributed by atoms with van der Waals surface area (Å²) in [6, 6.07) is 6.71. The maximum Gasteiger partial charge on any atom is 0.123 e. The lowest BCUT2D eigenvalue weighted by Crippen LogP contribution is -1.88. The van der Waals surface area contributed by atoms with Crippen molar-refractivity contribution in [3.8, 4) is 0 Å². The molecule has 0 N–H and O–H groups in total. The number of hydrogen-bond acceptors (Lipinski definition) is 0. The van der Waals surface area contributed by atoms with Crippen LogP contribution in [-0.2, 0) is 6.42 Å². The molecule has 0 aliphatic heterocycles. The standard InChI is InChI=1S/C13H17F/c1-3-4-11(2)5-6-12-7-9-13(14)10-8-12/h7-10H,2-6H2,1H3. The molecular formula is C13H17F. The van der Waals surface area contributed by atoms with E-state index in [1.165, 1.54) is 23.3 Å². The third-order valence-corrected chi connectivity index (χ3v) is 2.28. The summed E-state index contributed by atoms with van der Waals surface area (Å²) in [7, 11) is 0. The zero-order valence-electron chi connectivity index (χ0n) is 8.72. The summed E-state index contributed by atoms with van der Waals surface area (Å²) in [6.07, 6.45) is 4.24. The highest BCUT2D eigenvalue weighted by Crippen LogP contribution is 2.12. The van der Waals surface area contributed by atoms with Crippen LogP contribution in [0.4, 0.5) is 4.39 Å². The normalized spacial score (nSPS) is 10.1. The number of aryl methyl sites for hydroxylation is 1. The van der Waals surface area contributed by atoms with Gasteiger partial charge in [-0.25, -0.2) is 4.39 Å². The van der Waals surface area contributed by atoms with Crippen LogP contribution in [0.25, 0.3) is 0 Å². The first-order chi connectivity index (χ1) is 6.72. The molecule has 0 spiro atoms. The van der Waals surface area contributed by atoms with Crippen molar-refractivity contribution in [2.75, 3.05) is 0 Å². The quantitative estimate of drug-likeness (QED) is 0.616. The average Bonchev–Trinajstić information content (AvgIpc) is 2.17. The summed E-state index contributed by atoms with van der Waals surface area (Å²) in [5.74, 6) is -0.166. The molecule has 0 bridgehead atoms. The van der Waals surface area contributed by atoms with E-state index in [1.807, 2.05) is 12.1 Å². The first kappa shape index (κ1) is 11.0. The van der Waals surface area contributed by atoms with Gasteiger partial charge >= 0.3 is 0 Å². The van der Waals surface area contributed by atoms with E-state index in [-0.39, 0.29) is 5.82 Å². The van der Waals surface area contributed by atoms with Crippen LogP contribution in [0.2, 0.25) is 0 Å². The van der Waals surface area contributed by atoms with E-state index < -0.39 is 0 Å². The van der Waals surface area contributed by atoms with Crippen LogP contribution in [0.1, 0.15) is 31.7 Å². The minimum absolute atomic E-state index is 0.166. The fraction of sp³-hybridized carbons (Fsp3) is 0.385. The molecule has 0 nitrogen and oxygen atoms in total. The molecule has 0 atom stereocenters. The van der Waals surface area contributed by atoms with Gasteiger partial charge in [-0.05, 0) is 37.0 Å². The Hall–Kier alpha value is -1.11. The van der Waals surface area contributed by atoms with E-state index in [2.05, 4.69) is 13.5 Å². The van der Waals surface area contributed by atoms with E-state index in [0.29, 0.717) is 0 Å². The second-order valence-corrected chi connectivity index (χ2v) is 3.63. The van der Waals surface area contributed by atoms with Crippen molar-refractivity contribution in [2.24, 2.45) is 0 Å². The van der Waals surface area contributed by atoms with Gasteiger partial charge in [0.05, 0.1) is 0 Å². The molecule has 0 aromatic heterocycles. The Labute approximate surface area is 85.5 Å². The predicted octanol–water partition coefficient (Wildman–Crippen LogP) is 4.11. The Morgan fingerprint density at radius 3 is 2.43 bits per heavy atom. The monoisotopic (exact) mass is 192 g/mol. The van der Waals surface area contributed by atoms with Crippen LogP contribution < -0.4 is 0 Å². The van der Waals surface area contributed by atoms with Crippen molar-refractivity contribution in [2.45, 2.75) is 32.6 Å². The fourth-order valence-corrected chi connectivity index (χ4v) is 1.45. The first-order valence-corrected chi connectivity index (χ1v) is 5.13. The van der Waals surface area contributed by atoms with E-state index in [9.17, 15) is 4.39 Å². The van der Waals surface area contributed by atoms with Gasteiger partial charge in [-0.1, -0.05) is 37.6 Å². The van der Waals surface area contributed by atoms with Crippen LogP contribution >= 0.6 is 0 Å². The molecule has 0 radical (unpaired) electrons. The van der Waals surface area contributed by atoms with Crippen molar-refractivity contribution < 1.29 is 4.39 Å². The highest BCUT2D eigenvalue weighted by Gasteiger charge is 1.96. The highest BCUT2D eigenvalue weighted by atomic mass is 19.1. The molecule has 0 saturated carbocycles. The molecule has 76 valence electrons. The molecule has 0 saturated heterocycles. The Balaban J connectivity index is 2.38. The summed E-state index contributed by atoms with van der Waals surface area (Å²) in [6.45, 7) is 6.16. The molecule has 0 aliphatic rings.